The number of esters is 1. The lowest BCUT2D eigenvalue weighted by molar-refractivity contribution is -0.132. The van der Waals surface area contributed by atoms with Crippen molar-refractivity contribution < 1.29 is 23.7 Å². The summed E-state index contributed by atoms with van der Waals surface area (Å²) in [6, 6.07) is 9.81. The SMILES string of the molecule is COC1=CC(=O)O/C1=C(/OC)[C@@H]1O[C@H]1c1ccccc1. The zero-order valence-electron chi connectivity index (χ0n) is 11.2. The highest BCUT2D eigenvalue weighted by atomic mass is 16.6. The van der Waals surface area contributed by atoms with Crippen LogP contribution in [0.4, 0.5) is 0 Å². The third-order valence-corrected chi connectivity index (χ3v) is 3.22. The van der Waals surface area contributed by atoms with Crippen LogP contribution in [-0.2, 0) is 23.7 Å². The molecule has 2 heterocycles. The highest BCUT2D eigenvalue weighted by Gasteiger charge is 2.47. The van der Waals surface area contributed by atoms with Crippen molar-refractivity contribution in [3.05, 3.63) is 59.2 Å². The fourth-order valence-electron chi connectivity index (χ4n) is 2.22. The van der Waals surface area contributed by atoms with E-state index < -0.39 is 5.97 Å². The average molecular weight is 274 g/mol. The number of hydrogen-bond acceptors (Lipinski definition) is 5. The third-order valence-electron chi connectivity index (χ3n) is 3.22. The van der Waals surface area contributed by atoms with E-state index in [1.165, 1.54) is 20.3 Å². The second-order valence-corrected chi connectivity index (χ2v) is 4.42. The molecule has 2 aliphatic heterocycles. The second-order valence-electron chi connectivity index (χ2n) is 4.42. The summed E-state index contributed by atoms with van der Waals surface area (Å²) in [6.07, 6.45) is 0.937. The Morgan fingerprint density at radius 2 is 1.95 bits per heavy atom. The van der Waals surface area contributed by atoms with Crippen molar-refractivity contribution in [1.82, 2.24) is 0 Å². The quantitative estimate of drug-likeness (QED) is 0.478. The van der Waals surface area contributed by atoms with Crippen molar-refractivity contribution in [1.29, 1.82) is 0 Å². The Balaban J connectivity index is 1.86. The van der Waals surface area contributed by atoms with Crippen molar-refractivity contribution in [2.45, 2.75) is 12.2 Å². The normalized spacial score (nSPS) is 26.7. The van der Waals surface area contributed by atoms with Gasteiger partial charge in [0.05, 0.1) is 20.3 Å². The zero-order valence-corrected chi connectivity index (χ0v) is 11.2. The summed E-state index contributed by atoms with van der Waals surface area (Å²) in [5.74, 6) is 0.652. The number of carbonyl (C=O) groups is 1. The van der Waals surface area contributed by atoms with Crippen LogP contribution < -0.4 is 0 Å². The smallest absolute Gasteiger partial charge is 0.340 e. The average Bonchev–Trinajstić information content (AvgIpc) is 3.17. The molecule has 0 spiro atoms. The van der Waals surface area contributed by atoms with E-state index >= 15 is 0 Å². The van der Waals surface area contributed by atoms with Gasteiger partial charge in [-0.2, -0.15) is 0 Å². The van der Waals surface area contributed by atoms with Crippen molar-refractivity contribution in [2.24, 2.45) is 0 Å². The highest BCUT2D eigenvalue weighted by molar-refractivity contribution is 5.87. The molecule has 1 aromatic carbocycles. The van der Waals surface area contributed by atoms with Crippen molar-refractivity contribution in [3.63, 3.8) is 0 Å². The molecule has 0 aliphatic carbocycles. The first-order chi connectivity index (χ1) is 9.74. The van der Waals surface area contributed by atoms with Crippen LogP contribution >= 0.6 is 0 Å². The molecule has 1 fully saturated rings. The van der Waals surface area contributed by atoms with E-state index in [1.54, 1.807) is 0 Å². The molecular weight excluding hydrogens is 260 g/mol. The van der Waals surface area contributed by atoms with Gasteiger partial charge in [-0.1, -0.05) is 30.3 Å². The lowest BCUT2D eigenvalue weighted by atomic mass is 10.1. The molecular formula is C15H14O5. The standard InChI is InChI=1S/C15H14O5/c1-17-10-8-11(16)19-13(10)14(18-2)15-12(20-15)9-6-4-3-5-7-9/h3-8,12,15H,1-2H3/b14-13+/t12-,15+/m0/s1. The number of ether oxygens (including phenoxy) is 4. The lowest BCUT2D eigenvalue weighted by Gasteiger charge is -2.09. The highest BCUT2D eigenvalue weighted by Crippen LogP contribution is 2.45. The first kappa shape index (κ1) is 12.7. The lowest BCUT2D eigenvalue weighted by Crippen LogP contribution is -2.06. The van der Waals surface area contributed by atoms with Gasteiger partial charge in [0.2, 0.25) is 5.76 Å². The number of epoxide rings is 1. The molecule has 3 rings (SSSR count). The molecule has 1 saturated heterocycles. The topological polar surface area (TPSA) is 57.3 Å². The first-order valence-electron chi connectivity index (χ1n) is 6.21. The molecule has 2 aliphatic rings. The van der Waals surface area contributed by atoms with Crippen LogP contribution in [0.5, 0.6) is 0 Å². The monoisotopic (exact) mass is 274 g/mol. The summed E-state index contributed by atoms with van der Waals surface area (Å²) >= 11 is 0. The van der Waals surface area contributed by atoms with Gasteiger partial charge in [0.1, 0.15) is 12.2 Å². The summed E-state index contributed by atoms with van der Waals surface area (Å²) in [5, 5.41) is 0. The molecule has 0 aromatic heterocycles. The van der Waals surface area contributed by atoms with E-state index in [2.05, 4.69) is 0 Å². The predicted molar refractivity (Wildman–Crippen MR) is 69.3 cm³/mol. The maximum absolute atomic E-state index is 11.3. The van der Waals surface area contributed by atoms with Crippen LogP contribution in [0.2, 0.25) is 0 Å². The van der Waals surface area contributed by atoms with E-state index in [9.17, 15) is 4.79 Å². The molecule has 5 heteroatoms. The van der Waals surface area contributed by atoms with Crippen LogP contribution in [0, 0.1) is 0 Å². The van der Waals surface area contributed by atoms with Gasteiger partial charge in [-0.3, -0.25) is 0 Å². The van der Waals surface area contributed by atoms with Crippen LogP contribution in [0.15, 0.2) is 53.7 Å². The largest absolute Gasteiger partial charge is 0.494 e. The number of carbonyl (C=O) groups excluding carboxylic acids is 1. The Morgan fingerprint density at radius 1 is 1.20 bits per heavy atom. The molecule has 104 valence electrons. The second kappa shape index (κ2) is 5.02. The van der Waals surface area contributed by atoms with Gasteiger partial charge < -0.3 is 18.9 Å². The minimum Gasteiger partial charge on any atom is -0.494 e. The molecule has 2 atom stereocenters. The van der Waals surface area contributed by atoms with E-state index in [1.807, 2.05) is 30.3 Å². The molecule has 0 bridgehead atoms. The van der Waals surface area contributed by atoms with E-state index in [0.717, 1.165) is 5.56 Å². The number of cyclic esters (lactones) is 1. The first-order valence-corrected chi connectivity index (χ1v) is 6.21. The molecule has 0 N–H and O–H groups in total. The predicted octanol–water partition coefficient (Wildman–Crippen LogP) is 2.07. The van der Waals surface area contributed by atoms with E-state index in [-0.39, 0.29) is 12.2 Å². The zero-order chi connectivity index (χ0) is 14.1. The minimum atomic E-state index is -0.469. The Hall–Kier alpha value is -2.27. The number of methoxy groups -OCH3 is 2. The van der Waals surface area contributed by atoms with Gasteiger partial charge in [0, 0.05) is 0 Å². The van der Waals surface area contributed by atoms with Gasteiger partial charge in [0.25, 0.3) is 0 Å². The summed E-state index contributed by atoms with van der Waals surface area (Å²) in [6.45, 7) is 0. The van der Waals surface area contributed by atoms with Gasteiger partial charge in [-0.05, 0) is 5.56 Å². The maximum Gasteiger partial charge on any atom is 0.340 e. The van der Waals surface area contributed by atoms with Gasteiger partial charge in [-0.15, -0.1) is 0 Å². The summed E-state index contributed by atoms with van der Waals surface area (Å²) in [7, 11) is 3.00. The van der Waals surface area contributed by atoms with Gasteiger partial charge >= 0.3 is 5.97 Å². The van der Waals surface area contributed by atoms with Crippen LogP contribution in [0.1, 0.15) is 11.7 Å². The van der Waals surface area contributed by atoms with Crippen LogP contribution in [-0.4, -0.2) is 26.3 Å². The summed E-state index contributed by atoms with van der Waals surface area (Å²) < 4.78 is 21.2. The fourth-order valence-corrected chi connectivity index (χ4v) is 2.22. The molecule has 5 nitrogen and oxygen atoms in total. The number of hydrogen-bond donors (Lipinski definition) is 0. The van der Waals surface area contributed by atoms with Crippen LogP contribution in [0.3, 0.4) is 0 Å². The van der Waals surface area contributed by atoms with Crippen molar-refractivity contribution >= 4 is 5.97 Å². The molecule has 0 radical (unpaired) electrons. The minimum absolute atomic E-state index is 0.0870. The molecule has 0 amide bonds. The van der Waals surface area contributed by atoms with Gasteiger partial charge in [0.15, 0.2) is 11.5 Å². The van der Waals surface area contributed by atoms with Gasteiger partial charge in [-0.25, -0.2) is 4.79 Å². The molecule has 0 saturated carbocycles. The number of rotatable bonds is 4. The maximum atomic E-state index is 11.3. The number of benzene rings is 1. The Morgan fingerprint density at radius 3 is 2.60 bits per heavy atom. The van der Waals surface area contributed by atoms with Crippen molar-refractivity contribution in [2.75, 3.05) is 14.2 Å². The van der Waals surface area contributed by atoms with E-state index in [0.29, 0.717) is 17.3 Å². The molecule has 0 unspecified atom stereocenters. The fraction of sp³-hybridized carbons (Fsp3) is 0.267. The Kier molecular flexibility index (Phi) is 3.20. The van der Waals surface area contributed by atoms with Crippen molar-refractivity contribution in [3.8, 4) is 0 Å². The molecule has 1 aromatic rings. The Labute approximate surface area is 116 Å². The summed E-state index contributed by atoms with van der Waals surface area (Å²) in [4.78, 5) is 11.3. The van der Waals surface area contributed by atoms with Crippen LogP contribution in [0.25, 0.3) is 0 Å². The van der Waals surface area contributed by atoms with E-state index in [4.69, 9.17) is 18.9 Å². The molecule has 20 heavy (non-hydrogen) atoms. The third kappa shape index (κ3) is 2.16. The Bertz CT molecular complexity index is 588. The summed E-state index contributed by atoms with van der Waals surface area (Å²) in [5.41, 5.74) is 1.06.